The predicted molar refractivity (Wildman–Crippen MR) is 215 cm³/mol. The Balaban J connectivity index is 0.000000760. The van der Waals surface area contributed by atoms with Crippen molar-refractivity contribution in [3.63, 3.8) is 0 Å². The number of nitrogens with two attached hydrogens (primary N) is 1. The number of piperidine rings is 1. The summed E-state index contributed by atoms with van der Waals surface area (Å²) in [6, 6.07) is 19.1. The normalized spacial score (nSPS) is 13.8. The van der Waals surface area contributed by atoms with E-state index in [0.29, 0.717) is 44.7 Å². The highest BCUT2D eigenvalue weighted by atomic mass is 16.2. The van der Waals surface area contributed by atoms with E-state index < -0.39 is 6.04 Å². The third-order valence-electron chi connectivity index (χ3n) is 8.26. The number of likely N-dealkylation sites (N-methyl/N-ethyl adjacent to an activating group) is 2. The van der Waals surface area contributed by atoms with E-state index in [1.807, 2.05) is 42.3 Å². The van der Waals surface area contributed by atoms with Gasteiger partial charge in [-0.05, 0) is 62.9 Å². The first-order chi connectivity index (χ1) is 25.6. The van der Waals surface area contributed by atoms with Crippen LogP contribution >= 0.6 is 0 Å². The summed E-state index contributed by atoms with van der Waals surface area (Å²) in [5.74, 6) is 0.409. The lowest BCUT2D eigenvalue weighted by atomic mass is 10.0. The lowest BCUT2D eigenvalue weighted by molar-refractivity contribution is -0.134. The molecule has 1 aliphatic heterocycles. The molecule has 53 heavy (non-hydrogen) atoms. The molecule has 2 aromatic carbocycles. The molecule has 1 aliphatic rings. The van der Waals surface area contributed by atoms with Gasteiger partial charge < -0.3 is 47.3 Å². The van der Waals surface area contributed by atoms with Gasteiger partial charge in [0.25, 0.3) is 0 Å². The van der Waals surface area contributed by atoms with E-state index in [0.717, 1.165) is 50.8 Å². The summed E-state index contributed by atoms with van der Waals surface area (Å²) in [5.41, 5.74) is 7.84. The number of unbranched alkanes of at least 4 members (excludes halogenated alkanes) is 1. The second kappa shape index (κ2) is 32.3. The number of hydrogen-bond donors (Lipinski definition) is 7. The van der Waals surface area contributed by atoms with Crippen LogP contribution in [0.3, 0.4) is 0 Å². The van der Waals surface area contributed by atoms with Gasteiger partial charge in [0.15, 0.2) is 0 Å². The molecule has 1 saturated heterocycles. The summed E-state index contributed by atoms with van der Waals surface area (Å²) in [5, 5.41) is 16.7. The Kier molecular flexibility index (Phi) is 29.7. The largest absolute Gasteiger partial charge is 0.348 e. The fourth-order valence-corrected chi connectivity index (χ4v) is 5.29. The molecule has 8 N–H and O–H groups in total. The number of hydrogen-bond acceptors (Lipinski definition) is 8. The third kappa shape index (κ3) is 23.1. The molecule has 2 aromatic rings. The van der Waals surface area contributed by atoms with Crippen LogP contribution < -0.4 is 37.6 Å². The number of rotatable bonds is 18. The van der Waals surface area contributed by atoms with E-state index in [1.165, 1.54) is 12.0 Å². The fourth-order valence-electron chi connectivity index (χ4n) is 5.29. The molecule has 1 heterocycles. The van der Waals surface area contributed by atoms with Crippen molar-refractivity contribution in [1.29, 1.82) is 0 Å². The number of carbonyl (C=O) groups is 5. The molecule has 1 fully saturated rings. The maximum Gasteiger partial charge on any atom is 0.314 e. The van der Waals surface area contributed by atoms with Gasteiger partial charge in [-0.1, -0.05) is 101 Å². The lowest BCUT2D eigenvalue weighted by Gasteiger charge is -2.34. The van der Waals surface area contributed by atoms with Gasteiger partial charge in [-0.25, -0.2) is 4.79 Å². The number of amides is 5. The highest BCUT2D eigenvalue weighted by Crippen LogP contribution is 2.14. The molecular formula is C40H68N8O5. The zero-order valence-corrected chi connectivity index (χ0v) is 33.0. The maximum absolute atomic E-state index is 12.4. The van der Waals surface area contributed by atoms with Crippen LogP contribution in [0.2, 0.25) is 0 Å². The standard InChI is InChI=1S/C14H29N5O2.C12H14N2O3.C11H17N.C3H8/c1-16-12(5-3-4-8-15)13(20)19-9-6-11(7-10-19)18-14(21)17-2;15-7-6-13-12(17)11(14-9-16)8-10-4-2-1-3-5-10;1-3-12-9-10(2)11-7-5-4-6-8-11;1-3-2/h11-12,16H,3-10,15H2,1-2H3,(H2,17,18,21);1-5,7,9,11H,6,8H2,(H,13,17)(H,14,16);4-8,10,12H,3,9H2,1-2H3;3H2,1-2H3/t;;10-;/m..0./s1. The zero-order chi connectivity index (χ0) is 39.7. The van der Waals surface area contributed by atoms with Crippen molar-refractivity contribution in [2.75, 3.05) is 53.4 Å². The van der Waals surface area contributed by atoms with E-state index in [9.17, 15) is 24.0 Å². The predicted octanol–water partition coefficient (Wildman–Crippen LogP) is 3.10. The van der Waals surface area contributed by atoms with E-state index in [4.69, 9.17) is 5.73 Å². The second-order valence-electron chi connectivity index (χ2n) is 12.7. The number of nitrogens with one attached hydrogen (secondary N) is 6. The minimum Gasteiger partial charge on any atom is -0.348 e. The molecule has 3 rings (SSSR count). The first-order valence-corrected chi connectivity index (χ1v) is 19.0. The van der Waals surface area contributed by atoms with Crippen molar-refractivity contribution < 1.29 is 24.0 Å². The zero-order valence-electron chi connectivity index (χ0n) is 33.0. The fraction of sp³-hybridized carbons (Fsp3) is 0.575. The van der Waals surface area contributed by atoms with E-state index in [1.54, 1.807) is 7.05 Å². The number of carbonyl (C=O) groups excluding carboxylic acids is 5. The van der Waals surface area contributed by atoms with Crippen LogP contribution in [0.15, 0.2) is 60.7 Å². The first-order valence-electron chi connectivity index (χ1n) is 19.0. The quantitative estimate of drug-likeness (QED) is 0.0898. The molecule has 0 radical (unpaired) electrons. The molecule has 0 aliphatic carbocycles. The minimum atomic E-state index is -0.658. The lowest BCUT2D eigenvalue weighted by Crippen LogP contribution is -2.52. The molecule has 13 heteroatoms. The van der Waals surface area contributed by atoms with Gasteiger partial charge in [0.05, 0.1) is 12.6 Å². The second-order valence-corrected chi connectivity index (χ2v) is 12.7. The van der Waals surface area contributed by atoms with Gasteiger partial charge in [-0.15, -0.1) is 0 Å². The number of likely N-dealkylation sites (tertiary alicyclic amines) is 1. The van der Waals surface area contributed by atoms with Crippen molar-refractivity contribution in [2.45, 2.75) is 96.7 Å². The van der Waals surface area contributed by atoms with Gasteiger partial charge >= 0.3 is 6.03 Å². The summed E-state index contributed by atoms with van der Waals surface area (Å²) in [4.78, 5) is 57.8. The van der Waals surface area contributed by atoms with E-state index in [2.05, 4.69) is 89.9 Å². The van der Waals surface area contributed by atoms with Crippen LogP contribution in [0.5, 0.6) is 0 Å². The van der Waals surface area contributed by atoms with E-state index in [-0.39, 0.29) is 36.5 Å². The highest BCUT2D eigenvalue weighted by Gasteiger charge is 2.27. The van der Waals surface area contributed by atoms with Crippen LogP contribution in [-0.4, -0.2) is 107 Å². The maximum atomic E-state index is 12.4. The molecule has 0 spiro atoms. The van der Waals surface area contributed by atoms with Crippen molar-refractivity contribution in [3.8, 4) is 0 Å². The van der Waals surface area contributed by atoms with Crippen LogP contribution in [0.1, 0.15) is 83.3 Å². The highest BCUT2D eigenvalue weighted by molar-refractivity contribution is 5.85. The van der Waals surface area contributed by atoms with Crippen LogP contribution in [0, 0.1) is 0 Å². The Labute approximate surface area is 318 Å². The number of benzene rings is 2. The van der Waals surface area contributed by atoms with Gasteiger partial charge in [0.2, 0.25) is 18.2 Å². The monoisotopic (exact) mass is 741 g/mol. The molecule has 5 amide bonds. The van der Waals surface area contributed by atoms with Crippen molar-refractivity contribution in [1.82, 2.24) is 36.8 Å². The van der Waals surface area contributed by atoms with Crippen molar-refractivity contribution in [3.05, 3.63) is 71.8 Å². The first kappa shape index (κ1) is 48.7. The molecule has 0 saturated carbocycles. The summed E-state index contributed by atoms with van der Waals surface area (Å²) in [7, 11) is 3.43. The Morgan fingerprint density at radius 1 is 0.906 bits per heavy atom. The molecule has 3 atom stereocenters. The van der Waals surface area contributed by atoms with Gasteiger partial charge in [0.1, 0.15) is 12.3 Å². The van der Waals surface area contributed by atoms with Crippen LogP contribution in [0.4, 0.5) is 4.79 Å². The Morgan fingerprint density at radius 3 is 2.02 bits per heavy atom. The number of aldehydes is 1. The topological polar surface area (TPSA) is 187 Å². The summed E-state index contributed by atoms with van der Waals surface area (Å²) < 4.78 is 0. The molecular weight excluding hydrogens is 672 g/mol. The average Bonchev–Trinajstić information content (AvgIpc) is 3.19. The van der Waals surface area contributed by atoms with Crippen molar-refractivity contribution >= 4 is 30.5 Å². The molecule has 0 bridgehead atoms. The number of nitrogens with zero attached hydrogens (tertiary/aromatic N) is 1. The van der Waals surface area contributed by atoms with Crippen LogP contribution in [-0.2, 0) is 25.6 Å². The SMILES string of the molecule is CCC.CCNC[C@H](C)c1ccccc1.CNC(=O)NC1CCN(C(=O)C(CCCCN)NC)CC1.O=CCNC(=O)C(Cc1ccccc1)NC=O. The van der Waals surface area contributed by atoms with Gasteiger partial charge in [0, 0.05) is 39.1 Å². The molecule has 2 unspecified atom stereocenters. The Hall–Kier alpha value is -4.33. The summed E-state index contributed by atoms with van der Waals surface area (Å²) in [6.45, 7) is 12.8. The Bertz CT molecular complexity index is 1230. The van der Waals surface area contributed by atoms with Crippen LogP contribution in [0.25, 0.3) is 0 Å². The van der Waals surface area contributed by atoms with Crippen molar-refractivity contribution in [2.24, 2.45) is 5.73 Å². The third-order valence-corrected chi connectivity index (χ3v) is 8.26. The minimum absolute atomic E-state index is 0.0509. The average molecular weight is 741 g/mol. The molecule has 13 nitrogen and oxygen atoms in total. The molecule has 298 valence electrons. The summed E-state index contributed by atoms with van der Waals surface area (Å²) in [6.07, 6.45) is 7.06. The number of urea groups is 1. The van der Waals surface area contributed by atoms with Gasteiger partial charge in [-0.3, -0.25) is 14.4 Å². The van der Waals surface area contributed by atoms with Gasteiger partial charge in [-0.2, -0.15) is 0 Å². The van der Waals surface area contributed by atoms with E-state index >= 15 is 0 Å². The Morgan fingerprint density at radius 2 is 1.51 bits per heavy atom. The smallest absolute Gasteiger partial charge is 0.314 e. The summed E-state index contributed by atoms with van der Waals surface area (Å²) >= 11 is 0. The molecule has 0 aromatic heterocycles.